The lowest BCUT2D eigenvalue weighted by Gasteiger charge is -2.46. The number of rotatable bonds is 2. The molecule has 0 aromatic carbocycles. The Labute approximate surface area is 93.8 Å². The molecule has 0 amide bonds. The first-order valence-corrected chi connectivity index (χ1v) is 6.32. The second-order valence-corrected chi connectivity index (χ2v) is 6.57. The van der Waals surface area contributed by atoms with Crippen LogP contribution in [0.3, 0.4) is 0 Å². The van der Waals surface area contributed by atoms with Crippen LogP contribution in [0.15, 0.2) is 0 Å². The van der Waals surface area contributed by atoms with Gasteiger partial charge in [-0.05, 0) is 58.9 Å². The predicted molar refractivity (Wildman–Crippen MR) is 63.0 cm³/mol. The minimum atomic E-state index is 0.273. The Morgan fingerprint density at radius 2 is 1.80 bits per heavy atom. The van der Waals surface area contributed by atoms with E-state index in [1.165, 1.54) is 32.2 Å². The quantitative estimate of drug-likeness (QED) is 0.758. The highest BCUT2D eigenvalue weighted by atomic mass is 16.5. The Hall–Kier alpha value is -0.0800. The van der Waals surface area contributed by atoms with E-state index in [0.29, 0.717) is 5.41 Å². The summed E-state index contributed by atoms with van der Waals surface area (Å²) in [5.74, 6) is 0.899. The van der Waals surface area contributed by atoms with Gasteiger partial charge in [-0.25, -0.2) is 0 Å². The average Bonchev–Trinajstić information content (AvgIpc) is 2.12. The molecule has 2 fully saturated rings. The maximum Gasteiger partial charge on any atom is 0.0544 e. The van der Waals surface area contributed by atoms with E-state index in [1.807, 2.05) is 0 Å². The van der Waals surface area contributed by atoms with Gasteiger partial charge in [-0.3, -0.25) is 0 Å². The van der Waals surface area contributed by atoms with Crippen LogP contribution in [0.1, 0.15) is 46.5 Å². The molecule has 15 heavy (non-hydrogen) atoms. The highest BCUT2D eigenvalue weighted by Crippen LogP contribution is 2.43. The van der Waals surface area contributed by atoms with E-state index in [-0.39, 0.29) is 5.54 Å². The first-order chi connectivity index (χ1) is 6.99. The van der Waals surface area contributed by atoms with Crippen LogP contribution >= 0.6 is 0 Å². The topological polar surface area (TPSA) is 21.3 Å². The maximum atomic E-state index is 5.35. The molecular formula is C13H25NO. The number of hydrogen-bond acceptors (Lipinski definition) is 2. The summed E-state index contributed by atoms with van der Waals surface area (Å²) in [5, 5.41) is 3.62. The van der Waals surface area contributed by atoms with Crippen LogP contribution < -0.4 is 5.32 Å². The van der Waals surface area contributed by atoms with Gasteiger partial charge in [0.25, 0.3) is 0 Å². The van der Waals surface area contributed by atoms with Crippen LogP contribution in [0, 0.1) is 11.3 Å². The van der Waals surface area contributed by atoms with Crippen molar-refractivity contribution in [2.45, 2.75) is 52.0 Å². The minimum absolute atomic E-state index is 0.273. The summed E-state index contributed by atoms with van der Waals surface area (Å²) in [6, 6.07) is 0. The van der Waals surface area contributed by atoms with E-state index in [9.17, 15) is 0 Å². The van der Waals surface area contributed by atoms with Gasteiger partial charge in [0.1, 0.15) is 0 Å². The van der Waals surface area contributed by atoms with Gasteiger partial charge < -0.3 is 10.1 Å². The van der Waals surface area contributed by atoms with Crippen LogP contribution in [-0.2, 0) is 4.74 Å². The molecule has 1 aliphatic heterocycles. The van der Waals surface area contributed by atoms with Crippen molar-refractivity contribution in [3.05, 3.63) is 0 Å². The molecule has 1 heterocycles. The smallest absolute Gasteiger partial charge is 0.0544 e. The van der Waals surface area contributed by atoms with Gasteiger partial charge in [-0.15, -0.1) is 0 Å². The van der Waals surface area contributed by atoms with Gasteiger partial charge in [0.2, 0.25) is 0 Å². The third kappa shape index (κ3) is 2.94. The van der Waals surface area contributed by atoms with Gasteiger partial charge in [0, 0.05) is 11.0 Å². The van der Waals surface area contributed by atoms with Gasteiger partial charge in [-0.2, -0.15) is 0 Å². The molecule has 1 N–H and O–H groups in total. The Balaban J connectivity index is 1.69. The molecule has 2 aliphatic rings. The first kappa shape index (κ1) is 11.4. The molecule has 0 aromatic rings. The monoisotopic (exact) mass is 211 g/mol. The highest BCUT2D eigenvalue weighted by Gasteiger charge is 2.41. The van der Waals surface area contributed by atoms with Crippen molar-refractivity contribution in [3.8, 4) is 0 Å². The Kier molecular flexibility index (Phi) is 3.09. The first-order valence-electron chi connectivity index (χ1n) is 6.32. The van der Waals surface area contributed by atoms with Crippen LogP contribution in [0.2, 0.25) is 0 Å². The summed E-state index contributed by atoms with van der Waals surface area (Å²) in [4.78, 5) is 0. The fourth-order valence-electron chi connectivity index (χ4n) is 2.62. The van der Waals surface area contributed by atoms with Crippen molar-refractivity contribution in [2.24, 2.45) is 11.3 Å². The zero-order chi connectivity index (χ0) is 10.9. The van der Waals surface area contributed by atoms with E-state index in [2.05, 4.69) is 26.1 Å². The molecule has 1 spiro atoms. The Morgan fingerprint density at radius 1 is 1.20 bits per heavy atom. The minimum Gasteiger partial charge on any atom is -0.380 e. The van der Waals surface area contributed by atoms with Gasteiger partial charge in [-0.1, -0.05) is 0 Å². The van der Waals surface area contributed by atoms with Gasteiger partial charge in [0.15, 0.2) is 0 Å². The summed E-state index contributed by atoms with van der Waals surface area (Å²) in [6.45, 7) is 10.0. The Bertz CT molecular complexity index is 205. The van der Waals surface area contributed by atoms with Crippen molar-refractivity contribution in [1.82, 2.24) is 5.32 Å². The van der Waals surface area contributed by atoms with Crippen LogP contribution in [0.5, 0.6) is 0 Å². The summed E-state index contributed by atoms with van der Waals surface area (Å²) in [6.07, 6.45) is 5.58. The zero-order valence-corrected chi connectivity index (χ0v) is 10.4. The van der Waals surface area contributed by atoms with E-state index >= 15 is 0 Å². The molecule has 0 unspecified atom stereocenters. The molecule has 0 bridgehead atoms. The maximum absolute atomic E-state index is 5.35. The number of hydrogen-bond donors (Lipinski definition) is 1. The third-order valence-electron chi connectivity index (χ3n) is 3.90. The third-order valence-corrected chi connectivity index (χ3v) is 3.90. The number of nitrogens with one attached hydrogen (secondary N) is 1. The standard InChI is InChI=1S/C13H25NO/c1-12(2,3)14-8-11-4-6-13(7-5-11)9-15-10-13/h11,14H,4-10H2,1-3H3. The normalized spacial score (nSPS) is 26.6. The summed E-state index contributed by atoms with van der Waals surface area (Å²) in [7, 11) is 0. The molecule has 0 atom stereocenters. The molecule has 88 valence electrons. The zero-order valence-electron chi connectivity index (χ0n) is 10.4. The van der Waals surface area contributed by atoms with Gasteiger partial charge in [0.05, 0.1) is 13.2 Å². The lowest BCUT2D eigenvalue weighted by atomic mass is 9.69. The van der Waals surface area contributed by atoms with Crippen molar-refractivity contribution in [2.75, 3.05) is 19.8 Å². The fraction of sp³-hybridized carbons (Fsp3) is 1.00. The van der Waals surface area contributed by atoms with Crippen LogP contribution in [-0.4, -0.2) is 25.3 Å². The van der Waals surface area contributed by atoms with Crippen molar-refractivity contribution < 1.29 is 4.74 Å². The Morgan fingerprint density at radius 3 is 2.20 bits per heavy atom. The lowest BCUT2D eigenvalue weighted by molar-refractivity contribution is -0.136. The highest BCUT2D eigenvalue weighted by molar-refractivity contribution is 4.91. The predicted octanol–water partition coefficient (Wildman–Crippen LogP) is 2.58. The van der Waals surface area contributed by atoms with Crippen molar-refractivity contribution >= 4 is 0 Å². The summed E-state index contributed by atoms with van der Waals surface area (Å²) < 4.78 is 5.35. The molecule has 1 saturated carbocycles. The molecule has 2 nitrogen and oxygen atoms in total. The second kappa shape index (κ2) is 4.06. The van der Waals surface area contributed by atoms with Gasteiger partial charge >= 0.3 is 0 Å². The molecule has 1 aliphatic carbocycles. The summed E-state index contributed by atoms with van der Waals surface area (Å²) in [5.41, 5.74) is 0.882. The van der Waals surface area contributed by atoms with Crippen molar-refractivity contribution in [3.63, 3.8) is 0 Å². The van der Waals surface area contributed by atoms with E-state index in [4.69, 9.17) is 4.74 Å². The molecular weight excluding hydrogens is 186 g/mol. The van der Waals surface area contributed by atoms with Crippen LogP contribution in [0.25, 0.3) is 0 Å². The fourth-order valence-corrected chi connectivity index (χ4v) is 2.62. The molecule has 1 saturated heterocycles. The van der Waals surface area contributed by atoms with E-state index in [0.717, 1.165) is 19.1 Å². The van der Waals surface area contributed by atoms with Crippen LogP contribution in [0.4, 0.5) is 0 Å². The van der Waals surface area contributed by atoms with E-state index < -0.39 is 0 Å². The average molecular weight is 211 g/mol. The molecule has 2 heteroatoms. The van der Waals surface area contributed by atoms with E-state index in [1.54, 1.807) is 0 Å². The summed E-state index contributed by atoms with van der Waals surface area (Å²) >= 11 is 0. The molecule has 0 aromatic heterocycles. The molecule has 0 radical (unpaired) electrons. The van der Waals surface area contributed by atoms with Crippen molar-refractivity contribution in [1.29, 1.82) is 0 Å². The second-order valence-electron chi connectivity index (χ2n) is 6.57. The number of ether oxygens (including phenoxy) is 1. The SMILES string of the molecule is CC(C)(C)NCC1CCC2(CC1)COC2. The molecule has 2 rings (SSSR count). The largest absolute Gasteiger partial charge is 0.380 e. The lowest BCUT2D eigenvalue weighted by Crippen LogP contribution is -2.47.